The Balaban J connectivity index is 2.03. The second-order valence-electron chi connectivity index (χ2n) is 5.30. The van der Waals surface area contributed by atoms with Crippen molar-refractivity contribution in [1.29, 1.82) is 0 Å². The fourth-order valence-corrected chi connectivity index (χ4v) is 4.17. The van der Waals surface area contributed by atoms with E-state index in [4.69, 9.17) is 9.47 Å². The summed E-state index contributed by atoms with van der Waals surface area (Å²) in [6, 6.07) is 13.6. The van der Waals surface area contributed by atoms with Crippen LogP contribution in [0.3, 0.4) is 0 Å². The van der Waals surface area contributed by atoms with Gasteiger partial charge in [-0.25, -0.2) is 0 Å². The Morgan fingerprint density at radius 2 is 2.04 bits per heavy atom. The van der Waals surface area contributed by atoms with E-state index in [0.29, 0.717) is 6.61 Å². The van der Waals surface area contributed by atoms with Crippen molar-refractivity contribution in [2.75, 3.05) is 30.1 Å². The third kappa shape index (κ3) is 3.35. The van der Waals surface area contributed by atoms with Gasteiger partial charge in [-0.15, -0.1) is 11.8 Å². The van der Waals surface area contributed by atoms with Gasteiger partial charge in [0.05, 0.1) is 19.4 Å². The molecule has 0 aromatic heterocycles. The predicted molar refractivity (Wildman–Crippen MR) is 106 cm³/mol. The highest BCUT2D eigenvalue weighted by atomic mass is 127. The van der Waals surface area contributed by atoms with Gasteiger partial charge in [0.25, 0.3) is 0 Å². The third-order valence-electron chi connectivity index (χ3n) is 3.86. The van der Waals surface area contributed by atoms with Crippen LogP contribution >= 0.6 is 34.4 Å². The molecular weight excluding hydrogens is 437 g/mol. The second-order valence-corrected chi connectivity index (χ2v) is 7.53. The highest BCUT2D eigenvalue weighted by molar-refractivity contribution is 14.1. The first-order valence-electron chi connectivity index (χ1n) is 7.55. The number of ether oxygens (including phenoxy) is 2. The summed E-state index contributed by atoms with van der Waals surface area (Å²) >= 11 is 3.83. The fourth-order valence-electron chi connectivity index (χ4n) is 2.64. The molecule has 24 heavy (non-hydrogen) atoms. The smallest absolute Gasteiger partial charge is 0.244 e. The first-order chi connectivity index (χ1) is 11.7. The van der Waals surface area contributed by atoms with Crippen molar-refractivity contribution in [3.05, 3.63) is 48.0 Å². The molecule has 1 aliphatic heterocycles. The van der Waals surface area contributed by atoms with Gasteiger partial charge in [0.2, 0.25) is 5.91 Å². The Morgan fingerprint density at radius 3 is 2.79 bits per heavy atom. The first-order valence-corrected chi connectivity index (χ1v) is 9.96. The molecule has 126 valence electrons. The van der Waals surface area contributed by atoms with Gasteiger partial charge in [-0.2, -0.15) is 0 Å². The number of rotatable bonds is 5. The summed E-state index contributed by atoms with van der Waals surface area (Å²) in [5.41, 5.74) is 1.80. The zero-order valence-corrected chi connectivity index (χ0v) is 16.5. The summed E-state index contributed by atoms with van der Waals surface area (Å²) in [4.78, 5) is 15.7. The molecule has 0 spiro atoms. The zero-order chi connectivity index (χ0) is 17.1. The van der Waals surface area contributed by atoms with Crippen molar-refractivity contribution in [2.45, 2.75) is 10.1 Å². The standard InChI is InChI=1S/C18H18INO3S/c1-20-14-5-3-4-6-16(14)24-17(18(20)21)13-11-12(22-2)7-8-15(13)23-10-9-19/h3-8,11,17H,9-10H2,1-2H3. The van der Waals surface area contributed by atoms with E-state index in [1.54, 1.807) is 23.8 Å². The minimum absolute atomic E-state index is 0.0475. The SMILES string of the molecule is COc1ccc(OCCI)c(C2Sc3ccccc3N(C)C2=O)c1. The van der Waals surface area contributed by atoms with Crippen molar-refractivity contribution >= 4 is 45.9 Å². The molecule has 0 fully saturated rings. The van der Waals surface area contributed by atoms with Crippen LogP contribution in [0.5, 0.6) is 11.5 Å². The molecule has 6 heteroatoms. The molecule has 1 atom stereocenters. The maximum atomic E-state index is 12.9. The Labute approximate surface area is 159 Å². The lowest BCUT2D eigenvalue weighted by Gasteiger charge is -2.31. The minimum Gasteiger partial charge on any atom is -0.497 e. The number of fused-ring (bicyclic) bond motifs is 1. The largest absolute Gasteiger partial charge is 0.497 e. The van der Waals surface area contributed by atoms with Gasteiger partial charge >= 0.3 is 0 Å². The van der Waals surface area contributed by atoms with Crippen LogP contribution in [0, 0.1) is 0 Å². The molecule has 0 N–H and O–H groups in total. The van der Waals surface area contributed by atoms with Crippen LogP contribution in [0.15, 0.2) is 47.4 Å². The molecule has 1 amide bonds. The number of likely N-dealkylation sites (N-methyl/N-ethyl adjacent to an activating group) is 1. The predicted octanol–water partition coefficient (Wildman–Crippen LogP) is 4.32. The van der Waals surface area contributed by atoms with Crippen LogP contribution in [-0.4, -0.2) is 31.1 Å². The van der Waals surface area contributed by atoms with E-state index >= 15 is 0 Å². The average molecular weight is 455 g/mol. The molecule has 1 unspecified atom stereocenters. The maximum absolute atomic E-state index is 12.9. The fraction of sp³-hybridized carbons (Fsp3) is 0.278. The quantitative estimate of drug-likeness (QED) is 0.498. The van der Waals surface area contributed by atoms with Crippen LogP contribution in [0.2, 0.25) is 0 Å². The molecule has 1 aliphatic rings. The number of carbonyl (C=O) groups excluding carboxylic acids is 1. The molecule has 3 rings (SSSR count). The van der Waals surface area contributed by atoms with Crippen molar-refractivity contribution in [2.24, 2.45) is 0 Å². The number of hydrogen-bond acceptors (Lipinski definition) is 4. The van der Waals surface area contributed by atoms with Crippen LogP contribution in [0.25, 0.3) is 0 Å². The third-order valence-corrected chi connectivity index (χ3v) is 5.59. The second kappa shape index (κ2) is 7.65. The van der Waals surface area contributed by atoms with E-state index in [-0.39, 0.29) is 11.2 Å². The highest BCUT2D eigenvalue weighted by Crippen LogP contribution is 2.48. The topological polar surface area (TPSA) is 38.8 Å². The summed E-state index contributed by atoms with van der Waals surface area (Å²) < 4.78 is 12.1. The van der Waals surface area contributed by atoms with E-state index in [1.165, 1.54) is 0 Å². The summed E-state index contributed by atoms with van der Waals surface area (Å²) in [6.07, 6.45) is 0. The van der Waals surface area contributed by atoms with E-state index < -0.39 is 0 Å². The summed E-state index contributed by atoms with van der Waals surface area (Å²) in [5.74, 6) is 1.51. The van der Waals surface area contributed by atoms with Gasteiger partial charge in [-0.3, -0.25) is 4.79 Å². The Kier molecular flexibility index (Phi) is 5.55. The molecular formula is C18H18INO3S. The van der Waals surface area contributed by atoms with E-state index in [2.05, 4.69) is 22.6 Å². The van der Waals surface area contributed by atoms with Crippen LogP contribution in [0.4, 0.5) is 5.69 Å². The van der Waals surface area contributed by atoms with Gasteiger partial charge in [0.15, 0.2) is 0 Å². The molecule has 0 aliphatic carbocycles. The first kappa shape index (κ1) is 17.4. The Hall–Kier alpha value is -1.41. The summed E-state index contributed by atoms with van der Waals surface area (Å²) in [6.45, 7) is 0.609. The van der Waals surface area contributed by atoms with Crippen LogP contribution in [-0.2, 0) is 4.79 Å². The summed E-state index contributed by atoms with van der Waals surface area (Å²) in [7, 11) is 3.45. The number of thioether (sulfide) groups is 1. The Morgan fingerprint density at radius 1 is 1.25 bits per heavy atom. The van der Waals surface area contributed by atoms with Gasteiger partial charge in [-0.1, -0.05) is 34.7 Å². The van der Waals surface area contributed by atoms with Gasteiger partial charge in [0, 0.05) is 21.9 Å². The van der Waals surface area contributed by atoms with Crippen molar-refractivity contribution in [3.63, 3.8) is 0 Å². The molecule has 0 radical (unpaired) electrons. The molecule has 2 aromatic carbocycles. The van der Waals surface area contributed by atoms with E-state index in [0.717, 1.165) is 32.1 Å². The average Bonchev–Trinajstić information content (AvgIpc) is 2.63. The number of para-hydroxylation sites is 1. The maximum Gasteiger partial charge on any atom is 0.244 e. The highest BCUT2D eigenvalue weighted by Gasteiger charge is 2.34. The number of benzene rings is 2. The van der Waals surface area contributed by atoms with Gasteiger partial charge in [0.1, 0.15) is 16.7 Å². The molecule has 2 aromatic rings. The molecule has 4 nitrogen and oxygen atoms in total. The number of anilines is 1. The van der Waals surface area contributed by atoms with Crippen molar-refractivity contribution in [1.82, 2.24) is 0 Å². The number of methoxy groups -OCH3 is 1. The van der Waals surface area contributed by atoms with Crippen LogP contribution in [0.1, 0.15) is 10.8 Å². The normalized spacial score (nSPS) is 16.7. The van der Waals surface area contributed by atoms with Crippen LogP contribution < -0.4 is 14.4 Å². The van der Waals surface area contributed by atoms with Gasteiger partial charge in [-0.05, 0) is 30.3 Å². The van der Waals surface area contributed by atoms with Crippen molar-refractivity contribution in [3.8, 4) is 11.5 Å². The number of hydrogen-bond donors (Lipinski definition) is 0. The zero-order valence-electron chi connectivity index (χ0n) is 13.5. The van der Waals surface area contributed by atoms with E-state index in [1.807, 2.05) is 49.5 Å². The number of halogens is 1. The summed E-state index contributed by atoms with van der Waals surface area (Å²) in [5, 5.41) is -0.343. The minimum atomic E-state index is -0.343. The lowest BCUT2D eigenvalue weighted by Crippen LogP contribution is -2.33. The van der Waals surface area contributed by atoms with E-state index in [9.17, 15) is 4.79 Å². The monoisotopic (exact) mass is 455 g/mol. The number of alkyl halides is 1. The molecule has 0 bridgehead atoms. The lowest BCUT2D eigenvalue weighted by molar-refractivity contribution is -0.118. The molecule has 0 saturated heterocycles. The number of carbonyl (C=O) groups is 1. The lowest BCUT2D eigenvalue weighted by atomic mass is 10.1. The number of amides is 1. The Bertz CT molecular complexity index is 753. The molecule has 0 saturated carbocycles. The van der Waals surface area contributed by atoms with Gasteiger partial charge < -0.3 is 14.4 Å². The van der Waals surface area contributed by atoms with Crippen molar-refractivity contribution < 1.29 is 14.3 Å². The number of nitrogens with zero attached hydrogens (tertiary/aromatic N) is 1. The molecule has 1 heterocycles.